The summed E-state index contributed by atoms with van der Waals surface area (Å²) in [6, 6.07) is 13.0. The van der Waals surface area contributed by atoms with E-state index in [0.717, 1.165) is 37.7 Å². The zero-order chi connectivity index (χ0) is 25.0. The van der Waals surface area contributed by atoms with Gasteiger partial charge in [-0.05, 0) is 37.1 Å². The first-order valence-electron chi connectivity index (χ1n) is 11.8. The van der Waals surface area contributed by atoms with Crippen LogP contribution >= 0.6 is 0 Å². The van der Waals surface area contributed by atoms with Gasteiger partial charge in [-0.3, -0.25) is 4.79 Å². The molecule has 0 radical (unpaired) electrons. The van der Waals surface area contributed by atoms with Crippen molar-refractivity contribution in [3.63, 3.8) is 0 Å². The molecule has 1 aliphatic carbocycles. The Kier molecular flexibility index (Phi) is 7.57. The second-order valence-corrected chi connectivity index (χ2v) is 10.9. The highest BCUT2D eigenvalue weighted by Crippen LogP contribution is 2.30. The van der Waals surface area contributed by atoms with E-state index in [4.69, 9.17) is 4.74 Å². The van der Waals surface area contributed by atoms with E-state index in [2.05, 4.69) is 10.3 Å². The van der Waals surface area contributed by atoms with Crippen molar-refractivity contribution in [1.82, 2.24) is 19.2 Å². The maximum absolute atomic E-state index is 13.4. The van der Waals surface area contributed by atoms with E-state index in [1.165, 1.54) is 10.4 Å². The maximum atomic E-state index is 13.4. The Morgan fingerprint density at radius 1 is 1.14 bits per heavy atom. The molecule has 1 fully saturated rings. The minimum Gasteiger partial charge on any atom is -0.496 e. The van der Waals surface area contributed by atoms with E-state index in [9.17, 15) is 13.2 Å². The zero-order valence-electron chi connectivity index (χ0n) is 20.3. The van der Waals surface area contributed by atoms with Crippen molar-refractivity contribution in [3.8, 4) is 5.75 Å². The smallest absolute Gasteiger partial charge is 0.252 e. The van der Waals surface area contributed by atoms with E-state index >= 15 is 0 Å². The van der Waals surface area contributed by atoms with Crippen LogP contribution in [0.3, 0.4) is 0 Å². The Morgan fingerprint density at radius 2 is 1.89 bits per heavy atom. The number of aromatic nitrogens is 2. The van der Waals surface area contributed by atoms with E-state index < -0.39 is 22.0 Å². The van der Waals surface area contributed by atoms with Crippen LogP contribution in [-0.4, -0.2) is 48.4 Å². The number of ether oxygens (including phenoxy) is 1. The van der Waals surface area contributed by atoms with Crippen molar-refractivity contribution in [3.05, 3.63) is 77.9 Å². The third-order valence-electron chi connectivity index (χ3n) is 6.70. The summed E-state index contributed by atoms with van der Waals surface area (Å²) in [7, 11) is 1.35. The van der Waals surface area contributed by atoms with Gasteiger partial charge in [-0.25, -0.2) is 13.4 Å². The Balaban J connectivity index is 1.63. The van der Waals surface area contributed by atoms with Crippen molar-refractivity contribution in [2.75, 3.05) is 14.2 Å². The lowest BCUT2D eigenvalue weighted by Crippen LogP contribution is -2.38. The molecule has 0 saturated heterocycles. The minimum absolute atomic E-state index is 0.00965. The number of para-hydroxylation sites is 1. The molecule has 4 rings (SSSR count). The quantitative estimate of drug-likeness (QED) is 0.511. The van der Waals surface area contributed by atoms with Crippen LogP contribution in [0.4, 0.5) is 0 Å². The number of carbonyl (C=O) groups is 1. The molecule has 3 aromatic rings. The number of sulfonamides is 1. The molecular weight excluding hydrogens is 464 g/mol. The topological polar surface area (TPSA) is 93.5 Å². The summed E-state index contributed by atoms with van der Waals surface area (Å²) in [4.78, 5) is 17.9. The van der Waals surface area contributed by atoms with Crippen LogP contribution in [0.15, 0.2) is 65.8 Å². The largest absolute Gasteiger partial charge is 0.496 e. The molecule has 1 unspecified atom stereocenters. The number of amides is 1. The van der Waals surface area contributed by atoms with Crippen LogP contribution in [0.25, 0.3) is 0 Å². The number of benzene rings is 2. The number of hydrogen-bond acceptors (Lipinski definition) is 5. The number of hydrogen-bond donors (Lipinski definition) is 1. The van der Waals surface area contributed by atoms with Crippen molar-refractivity contribution in [2.45, 2.75) is 49.1 Å². The number of aryl methyl sites for hydroxylation is 1. The van der Waals surface area contributed by atoms with Gasteiger partial charge in [-0.1, -0.05) is 43.5 Å². The highest BCUT2D eigenvalue weighted by atomic mass is 32.2. The van der Waals surface area contributed by atoms with Gasteiger partial charge in [0.05, 0.1) is 12.0 Å². The number of nitrogens with one attached hydrogen (secondary N) is 1. The lowest BCUT2D eigenvalue weighted by molar-refractivity contribution is 0.0940. The number of rotatable bonds is 8. The van der Waals surface area contributed by atoms with Crippen LogP contribution in [0.5, 0.6) is 5.75 Å². The fourth-order valence-corrected chi connectivity index (χ4v) is 6.12. The fourth-order valence-electron chi connectivity index (χ4n) is 4.66. The molecule has 1 N–H and O–H groups in total. The van der Waals surface area contributed by atoms with E-state index in [-0.39, 0.29) is 16.5 Å². The predicted octanol–water partition coefficient (Wildman–Crippen LogP) is 3.90. The number of nitrogens with zero attached hydrogens (tertiary/aromatic N) is 3. The van der Waals surface area contributed by atoms with Crippen LogP contribution in [0.2, 0.25) is 0 Å². The molecule has 186 valence electrons. The fraction of sp³-hybridized carbons (Fsp3) is 0.385. The standard InChI is InChI=1S/C26H32N4O4S/c1-29-17-16-27-25(29)24(22-14-7-8-15-23(22)34-3)28-26(31)19-10-9-13-21(18-19)35(32,33)30(2)20-11-5-4-6-12-20/h7-10,13-18,20,24H,4-6,11-12H2,1-3H3,(H,28,31). The highest BCUT2D eigenvalue weighted by molar-refractivity contribution is 7.89. The van der Waals surface area contributed by atoms with Gasteiger partial charge in [0, 0.05) is 43.7 Å². The first-order valence-corrected chi connectivity index (χ1v) is 13.3. The van der Waals surface area contributed by atoms with Gasteiger partial charge in [0.15, 0.2) is 0 Å². The van der Waals surface area contributed by atoms with Gasteiger partial charge in [-0.15, -0.1) is 0 Å². The molecule has 1 amide bonds. The molecule has 1 heterocycles. The lowest BCUT2D eigenvalue weighted by Gasteiger charge is -2.30. The van der Waals surface area contributed by atoms with Gasteiger partial charge in [0.25, 0.3) is 5.91 Å². The molecule has 8 nitrogen and oxygen atoms in total. The summed E-state index contributed by atoms with van der Waals surface area (Å²) in [6.07, 6.45) is 8.40. The van der Waals surface area contributed by atoms with Crippen LogP contribution in [0, 0.1) is 0 Å². The Morgan fingerprint density at radius 3 is 2.57 bits per heavy atom. The normalized spacial score (nSPS) is 15.7. The lowest BCUT2D eigenvalue weighted by atomic mass is 9.96. The van der Waals surface area contributed by atoms with E-state index in [0.29, 0.717) is 11.6 Å². The second kappa shape index (κ2) is 10.6. The summed E-state index contributed by atoms with van der Waals surface area (Å²) in [5, 5.41) is 3.03. The van der Waals surface area contributed by atoms with Gasteiger partial charge >= 0.3 is 0 Å². The minimum atomic E-state index is -3.72. The SMILES string of the molecule is COc1ccccc1C(NC(=O)c1cccc(S(=O)(=O)N(C)C2CCCCC2)c1)c1nccn1C. The van der Waals surface area contributed by atoms with E-state index in [1.807, 2.05) is 35.9 Å². The highest BCUT2D eigenvalue weighted by Gasteiger charge is 2.30. The van der Waals surface area contributed by atoms with Gasteiger partial charge in [0.1, 0.15) is 17.6 Å². The molecular formula is C26H32N4O4S. The Labute approximate surface area is 207 Å². The number of carbonyl (C=O) groups excluding carboxylic acids is 1. The maximum Gasteiger partial charge on any atom is 0.252 e. The molecule has 35 heavy (non-hydrogen) atoms. The molecule has 0 spiro atoms. The number of imidazole rings is 1. The first kappa shape index (κ1) is 24.9. The molecule has 1 aromatic heterocycles. The third-order valence-corrected chi connectivity index (χ3v) is 8.61. The van der Waals surface area contributed by atoms with Crippen molar-refractivity contribution in [1.29, 1.82) is 0 Å². The summed E-state index contributed by atoms with van der Waals surface area (Å²) in [5.41, 5.74) is 1.01. The van der Waals surface area contributed by atoms with Crippen molar-refractivity contribution in [2.24, 2.45) is 7.05 Å². The first-order chi connectivity index (χ1) is 16.8. The molecule has 0 aliphatic heterocycles. The summed E-state index contributed by atoms with van der Waals surface area (Å²) < 4.78 is 35.5. The monoisotopic (exact) mass is 496 g/mol. The predicted molar refractivity (Wildman–Crippen MR) is 134 cm³/mol. The average molecular weight is 497 g/mol. The zero-order valence-corrected chi connectivity index (χ0v) is 21.2. The summed E-state index contributed by atoms with van der Waals surface area (Å²) in [6.45, 7) is 0. The average Bonchev–Trinajstić information content (AvgIpc) is 3.32. The van der Waals surface area contributed by atoms with Crippen LogP contribution in [-0.2, 0) is 17.1 Å². The Hall–Kier alpha value is -3.17. The molecule has 0 bridgehead atoms. The molecule has 9 heteroatoms. The number of methoxy groups -OCH3 is 1. The van der Waals surface area contributed by atoms with Crippen molar-refractivity contribution >= 4 is 15.9 Å². The summed E-state index contributed by atoms with van der Waals surface area (Å²) >= 11 is 0. The summed E-state index contributed by atoms with van der Waals surface area (Å²) in [5.74, 6) is 0.844. The van der Waals surface area contributed by atoms with Gasteiger partial charge in [-0.2, -0.15) is 4.31 Å². The molecule has 1 aliphatic rings. The van der Waals surface area contributed by atoms with Crippen LogP contribution < -0.4 is 10.1 Å². The molecule has 1 atom stereocenters. The van der Waals surface area contributed by atoms with Crippen LogP contribution in [0.1, 0.15) is 59.9 Å². The van der Waals surface area contributed by atoms with E-state index in [1.54, 1.807) is 44.8 Å². The van der Waals surface area contributed by atoms with Crippen molar-refractivity contribution < 1.29 is 17.9 Å². The molecule has 2 aromatic carbocycles. The third kappa shape index (κ3) is 5.26. The van der Waals surface area contributed by atoms with Gasteiger partial charge in [0.2, 0.25) is 10.0 Å². The molecule has 1 saturated carbocycles. The Bertz CT molecular complexity index is 1280. The van der Waals surface area contributed by atoms with Gasteiger partial charge < -0.3 is 14.6 Å². The second-order valence-electron chi connectivity index (χ2n) is 8.89.